The highest BCUT2D eigenvalue weighted by molar-refractivity contribution is 7.11. The first kappa shape index (κ1) is 13.8. The number of hydrogen-bond acceptors (Lipinski definition) is 3. The minimum Gasteiger partial charge on any atom is -0.478 e. The van der Waals surface area contributed by atoms with E-state index in [9.17, 15) is 4.79 Å². The van der Waals surface area contributed by atoms with E-state index in [2.05, 4.69) is 16.5 Å². The Morgan fingerprint density at radius 2 is 2.10 bits per heavy atom. The number of carbonyl (C=O) groups is 1. The minimum atomic E-state index is -0.889. The van der Waals surface area contributed by atoms with Crippen LogP contribution in [0.4, 0.5) is 0 Å². The summed E-state index contributed by atoms with van der Waals surface area (Å²) in [5.74, 6) is -0.889. The van der Waals surface area contributed by atoms with E-state index in [4.69, 9.17) is 5.11 Å². The fourth-order valence-corrected chi connectivity index (χ4v) is 3.40. The molecule has 0 aliphatic rings. The molecule has 0 amide bonds. The summed E-state index contributed by atoms with van der Waals surface area (Å²) in [4.78, 5) is 16.6. The molecule has 4 nitrogen and oxygen atoms in total. The lowest BCUT2D eigenvalue weighted by molar-refractivity contribution is 0.0697. The van der Waals surface area contributed by atoms with Gasteiger partial charge in [0, 0.05) is 27.7 Å². The quantitative estimate of drug-likeness (QED) is 0.801. The van der Waals surface area contributed by atoms with Crippen molar-refractivity contribution in [1.29, 1.82) is 0 Å². The van der Waals surface area contributed by atoms with E-state index in [1.807, 2.05) is 26.1 Å². The van der Waals surface area contributed by atoms with Crippen LogP contribution in [0.1, 0.15) is 31.5 Å². The summed E-state index contributed by atoms with van der Waals surface area (Å²) < 4.78 is 2.23. The van der Waals surface area contributed by atoms with Gasteiger partial charge in [-0.25, -0.2) is 9.78 Å². The van der Waals surface area contributed by atoms with Crippen LogP contribution in [-0.4, -0.2) is 20.6 Å². The Hall–Kier alpha value is -2.14. The van der Waals surface area contributed by atoms with Gasteiger partial charge in [-0.1, -0.05) is 0 Å². The molecule has 0 unspecified atom stereocenters. The average Bonchev–Trinajstić information content (AvgIpc) is 2.96. The number of benzene rings is 1. The van der Waals surface area contributed by atoms with E-state index in [-0.39, 0.29) is 0 Å². The number of fused-ring (bicyclic) bond motifs is 1. The molecule has 1 N–H and O–H groups in total. The van der Waals surface area contributed by atoms with Gasteiger partial charge in [0.2, 0.25) is 0 Å². The van der Waals surface area contributed by atoms with Gasteiger partial charge < -0.3 is 9.67 Å². The molecule has 21 heavy (non-hydrogen) atoms. The van der Waals surface area contributed by atoms with Crippen molar-refractivity contribution < 1.29 is 9.90 Å². The van der Waals surface area contributed by atoms with Gasteiger partial charge >= 0.3 is 5.97 Å². The Balaban J connectivity index is 2.14. The van der Waals surface area contributed by atoms with Gasteiger partial charge in [-0.15, -0.1) is 11.3 Å². The molecule has 0 aliphatic heterocycles. The molecule has 0 bridgehead atoms. The van der Waals surface area contributed by atoms with E-state index >= 15 is 0 Å². The summed E-state index contributed by atoms with van der Waals surface area (Å²) in [6.07, 6.45) is 1.91. The Bertz CT molecular complexity index is 845. The fraction of sp³-hybridized carbons (Fsp3) is 0.250. The van der Waals surface area contributed by atoms with Gasteiger partial charge in [0.1, 0.15) is 0 Å². The molecule has 1 aromatic carbocycles. The first-order valence-electron chi connectivity index (χ1n) is 6.71. The van der Waals surface area contributed by atoms with Crippen molar-refractivity contribution in [2.45, 2.75) is 27.3 Å². The second-order valence-electron chi connectivity index (χ2n) is 5.18. The molecule has 3 rings (SSSR count). The third-order valence-corrected chi connectivity index (χ3v) is 4.77. The first-order chi connectivity index (χ1) is 9.97. The molecule has 2 heterocycles. The molecule has 0 saturated heterocycles. The lowest BCUT2D eigenvalue weighted by Crippen LogP contribution is -2.00. The van der Waals surface area contributed by atoms with E-state index < -0.39 is 5.97 Å². The standard InChI is InChI=1S/C16H16N2O2S/c1-9-10(2)18(8-13-7-17-11(3)21-13)15-5-4-12(16(19)20)6-14(9)15/h4-7H,8H2,1-3H3,(H,19,20). The number of carboxylic acids is 1. The molecular formula is C16H16N2O2S. The number of nitrogens with zero attached hydrogens (tertiary/aromatic N) is 2. The fourth-order valence-electron chi connectivity index (χ4n) is 2.62. The van der Waals surface area contributed by atoms with Crippen LogP contribution >= 0.6 is 11.3 Å². The Morgan fingerprint density at radius 1 is 1.33 bits per heavy atom. The van der Waals surface area contributed by atoms with Crippen LogP contribution in [0, 0.1) is 20.8 Å². The van der Waals surface area contributed by atoms with Crippen LogP contribution in [-0.2, 0) is 6.54 Å². The summed E-state index contributed by atoms with van der Waals surface area (Å²) in [6.45, 7) is 6.88. The van der Waals surface area contributed by atoms with Crippen LogP contribution in [0.2, 0.25) is 0 Å². The van der Waals surface area contributed by atoms with Crippen molar-refractivity contribution >= 4 is 28.2 Å². The number of aryl methyl sites for hydroxylation is 2. The Labute approximate surface area is 126 Å². The van der Waals surface area contributed by atoms with Crippen LogP contribution in [0.15, 0.2) is 24.4 Å². The summed E-state index contributed by atoms with van der Waals surface area (Å²) in [6, 6.07) is 5.32. The van der Waals surface area contributed by atoms with E-state index in [0.717, 1.165) is 28.0 Å². The lowest BCUT2D eigenvalue weighted by atomic mass is 10.1. The van der Waals surface area contributed by atoms with Crippen molar-refractivity contribution in [3.05, 3.63) is 51.1 Å². The zero-order valence-corrected chi connectivity index (χ0v) is 13.0. The van der Waals surface area contributed by atoms with Crippen LogP contribution < -0.4 is 0 Å². The van der Waals surface area contributed by atoms with Gasteiger partial charge in [-0.3, -0.25) is 0 Å². The number of rotatable bonds is 3. The smallest absolute Gasteiger partial charge is 0.335 e. The predicted molar refractivity (Wildman–Crippen MR) is 84.3 cm³/mol. The molecule has 2 aromatic heterocycles. The molecule has 0 saturated carbocycles. The maximum atomic E-state index is 11.1. The molecule has 3 aromatic rings. The number of carboxylic acid groups (broad SMARTS) is 1. The predicted octanol–water partition coefficient (Wildman–Crippen LogP) is 3.77. The van der Waals surface area contributed by atoms with Crippen molar-refractivity contribution in [2.24, 2.45) is 0 Å². The molecule has 0 spiro atoms. The van der Waals surface area contributed by atoms with Gasteiger partial charge in [0.25, 0.3) is 0 Å². The van der Waals surface area contributed by atoms with Crippen LogP contribution in [0.3, 0.4) is 0 Å². The Kier molecular flexibility index (Phi) is 3.29. The summed E-state index contributed by atoms with van der Waals surface area (Å²) in [5.41, 5.74) is 3.70. The van der Waals surface area contributed by atoms with Gasteiger partial charge in [-0.2, -0.15) is 0 Å². The molecule has 0 aliphatic carbocycles. The molecule has 5 heteroatoms. The summed E-state index contributed by atoms with van der Waals surface area (Å²) in [7, 11) is 0. The second kappa shape index (κ2) is 5.00. The topological polar surface area (TPSA) is 55.1 Å². The molecule has 0 atom stereocenters. The van der Waals surface area contributed by atoms with Crippen molar-refractivity contribution in [3.63, 3.8) is 0 Å². The van der Waals surface area contributed by atoms with Crippen LogP contribution in [0.25, 0.3) is 10.9 Å². The average molecular weight is 300 g/mol. The van der Waals surface area contributed by atoms with Crippen molar-refractivity contribution in [1.82, 2.24) is 9.55 Å². The van der Waals surface area contributed by atoms with E-state index in [0.29, 0.717) is 5.56 Å². The third-order valence-electron chi connectivity index (χ3n) is 3.87. The zero-order chi connectivity index (χ0) is 15.1. The lowest BCUT2D eigenvalue weighted by Gasteiger charge is -2.06. The molecule has 0 fully saturated rings. The van der Waals surface area contributed by atoms with Crippen molar-refractivity contribution in [2.75, 3.05) is 0 Å². The summed E-state index contributed by atoms with van der Waals surface area (Å²) >= 11 is 1.69. The first-order valence-corrected chi connectivity index (χ1v) is 7.53. The summed E-state index contributed by atoms with van der Waals surface area (Å²) in [5, 5.41) is 11.2. The largest absolute Gasteiger partial charge is 0.478 e. The number of thiazole rings is 1. The maximum Gasteiger partial charge on any atom is 0.335 e. The van der Waals surface area contributed by atoms with Gasteiger partial charge in [-0.05, 0) is 44.5 Å². The SMILES string of the molecule is Cc1ncc(Cn2c(C)c(C)c3cc(C(=O)O)ccc32)s1. The molecule has 0 radical (unpaired) electrons. The number of aromatic nitrogens is 2. The number of aromatic carboxylic acids is 1. The normalized spacial score (nSPS) is 11.2. The zero-order valence-electron chi connectivity index (χ0n) is 12.2. The monoisotopic (exact) mass is 300 g/mol. The highest BCUT2D eigenvalue weighted by Crippen LogP contribution is 2.28. The maximum absolute atomic E-state index is 11.1. The minimum absolute atomic E-state index is 0.330. The molecular weight excluding hydrogens is 284 g/mol. The van der Waals surface area contributed by atoms with Gasteiger partial charge in [0.05, 0.1) is 17.1 Å². The van der Waals surface area contributed by atoms with Crippen molar-refractivity contribution in [3.8, 4) is 0 Å². The second-order valence-corrected chi connectivity index (χ2v) is 6.50. The highest BCUT2D eigenvalue weighted by atomic mass is 32.1. The van der Waals surface area contributed by atoms with Gasteiger partial charge in [0.15, 0.2) is 0 Å². The van der Waals surface area contributed by atoms with Crippen LogP contribution in [0.5, 0.6) is 0 Å². The van der Waals surface area contributed by atoms with E-state index in [1.165, 1.54) is 10.6 Å². The Morgan fingerprint density at radius 3 is 2.71 bits per heavy atom. The highest BCUT2D eigenvalue weighted by Gasteiger charge is 2.14. The molecule has 108 valence electrons. The van der Waals surface area contributed by atoms with E-state index in [1.54, 1.807) is 23.5 Å². The third kappa shape index (κ3) is 2.34. The number of hydrogen-bond donors (Lipinski definition) is 1.